The third-order valence-corrected chi connectivity index (χ3v) is 3.54. The van der Waals surface area contributed by atoms with Crippen LogP contribution >= 0.6 is 11.8 Å². The third kappa shape index (κ3) is 10.4. The van der Waals surface area contributed by atoms with Gasteiger partial charge in [-0.1, -0.05) is 58.8 Å². The molecule has 0 amide bonds. The first kappa shape index (κ1) is 14.3. The van der Waals surface area contributed by atoms with E-state index in [0.29, 0.717) is 0 Å². The van der Waals surface area contributed by atoms with E-state index >= 15 is 0 Å². The predicted molar refractivity (Wildman–Crippen MR) is 70.2 cm³/mol. The van der Waals surface area contributed by atoms with E-state index in [1.54, 1.807) is 0 Å². The van der Waals surface area contributed by atoms with Gasteiger partial charge < -0.3 is 0 Å². The van der Waals surface area contributed by atoms with Crippen LogP contribution in [0.25, 0.3) is 0 Å². The molecule has 0 fully saturated rings. The second kappa shape index (κ2) is 11.4. The summed E-state index contributed by atoms with van der Waals surface area (Å²) in [6.45, 7) is 4.71. The molecule has 0 radical (unpaired) electrons. The summed E-state index contributed by atoms with van der Waals surface area (Å²) in [5.41, 5.74) is 0. The number of unbranched alkanes of at least 4 members (excludes halogenated alkanes) is 4. The Bertz CT molecular complexity index is 101. The van der Waals surface area contributed by atoms with Crippen LogP contribution in [-0.2, 0) is 0 Å². The van der Waals surface area contributed by atoms with Gasteiger partial charge in [-0.25, -0.2) is 0 Å². The summed E-state index contributed by atoms with van der Waals surface area (Å²) in [7, 11) is 0. The number of thioether (sulfide) groups is 1. The summed E-state index contributed by atoms with van der Waals surface area (Å²) in [6.07, 6.45) is 13.7. The Morgan fingerprint density at radius 3 is 2.14 bits per heavy atom. The van der Waals surface area contributed by atoms with Crippen molar-refractivity contribution in [3.63, 3.8) is 0 Å². The molecular weight excluding hydrogens is 188 g/mol. The average Bonchev–Trinajstić information content (AvgIpc) is 2.18. The average molecular weight is 216 g/mol. The van der Waals surface area contributed by atoms with Crippen LogP contribution in [0.3, 0.4) is 0 Å². The summed E-state index contributed by atoms with van der Waals surface area (Å²) in [5, 5.41) is 0. The molecule has 0 bridgehead atoms. The summed E-state index contributed by atoms with van der Waals surface area (Å²) >= 11 is 1.98. The zero-order valence-corrected chi connectivity index (χ0v) is 11.2. The second-order valence-corrected chi connectivity index (χ2v) is 5.43. The molecule has 0 nitrogen and oxygen atoms in total. The zero-order chi connectivity index (χ0) is 10.6. The minimum absolute atomic E-state index is 0.968. The fraction of sp³-hybridized carbons (Fsp3) is 1.00. The smallest absolute Gasteiger partial charge is 0.00703 e. The minimum Gasteiger partial charge on any atom is -0.165 e. The molecule has 0 aliphatic carbocycles. The minimum atomic E-state index is 0.968. The highest BCUT2D eigenvalue weighted by atomic mass is 32.2. The molecule has 0 aliphatic heterocycles. The van der Waals surface area contributed by atoms with Crippen molar-refractivity contribution in [2.75, 3.05) is 12.0 Å². The Morgan fingerprint density at radius 1 is 0.929 bits per heavy atom. The molecule has 0 aromatic carbocycles. The predicted octanol–water partition coefficient (Wildman–Crippen LogP) is 5.13. The molecule has 0 saturated carbocycles. The monoisotopic (exact) mass is 216 g/mol. The fourth-order valence-electron chi connectivity index (χ4n) is 1.80. The van der Waals surface area contributed by atoms with E-state index in [9.17, 15) is 0 Å². The van der Waals surface area contributed by atoms with Gasteiger partial charge in [-0.2, -0.15) is 11.8 Å². The Labute approximate surface area is 95.2 Å². The van der Waals surface area contributed by atoms with Gasteiger partial charge in [-0.05, 0) is 24.3 Å². The maximum atomic E-state index is 2.42. The van der Waals surface area contributed by atoms with Gasteiger partial charge >= 0.3 is 0 Å². The molecule has 14 heavy (non-hydrogen) atoms. The maximum Gasteiger partial charge on any atom is -0.00703 e. The van der Waals surface area contributed by atoms with Crippen LogP contribution in [0.5, 0.6) is 0 Å². The number of hydrogen-bond donors (Lipinski definition) is 0. The van der Waals surface area contributed by atoms with Crippen LogP contribution in [0, 0.1) is 5.92 Å². The van der Waals surface area contributed by atoms with Gasteiger partial charge in [0.1, 0.15) is 0 Å². The van der Waals surface area contributed by atoms with Crippen LogP contribution in [0.2, 0.25) is 0 Å². The first-order valence-corrected chi connectivity index (χ1v) is 7.69. The van der Waals surface area contributed by atoms with E-state index in [4.69, 9.17) is 0 Å². The highest BCUT2D eigenvalue weighted by Crippen LogP contribution is 2.16. The molecule has 0 aliphatic rings. The van der Waals surface area contributed by atoms with Gasteiger partial charge in [0.2, 0.25) is 0 Å². The lowest BCUT2D eigenvalue weighted by Gasteiger charge is -2.10. The molecule has 86 valence electrons. The molecule has 0 spiro atoms. The van der Waals surface area contributed by atoms with Crippen LogP contribution in [0.4, 0.5) is 0 Å². The van der Waals surface area contributed by atoms with Crippen molar-refractivity contribution in [3.8, 4) is 0 Å². The molecule has 0 aromatic rings. The van der Waals surface area contributed by atoms with E-state index in [1.807, 2.05) is 11.8 Å². The topological polar surface area (TPSA) is 0 Å². The Balaban J connectivity index is 3.06. The van der Waals surface area contributed by atoms with Crippen molar-refractivity contribution < 1.29 is 0 Å². The molecule has 0 aromatic heterocycles. The normalized spacial score (nSPS) is 13.1. The Hall–Kier alpha value is 0.350. The largest absolute Gasteiger partial charge is 0.165 e. The molecule has 1 atom stereocenters. The first-order chi connectivity index (χ1) is 6.81. The molecule has 0 N–H and O–H groups in total. The third-order valence-electron chi connectivity index (χ3n) is 2.85. The first-order valence-electron chi connectivity index (χ1n) is 6.30. The summed E-state index contributed by atoms with van der Waals surface area (Å²) in [5.74, 6) is 2.32. The van der Waals surface area contributed by atoms with Crippen LogP contribution in [0.1, 0.15) is 65.2 Å². The van der Waals surface area contributed by atoms with E-state index in [-0.39, 0.29) is 0 Å². The van der Waals surface area contributed by atoms with Crippen LogP contribution in [-0.4, -0.2) is 12.0 Å². The molecule has 1 unspecified atom stereocenters. The van der Waals surface area contributed by atoms with Gasteiger partial charge in [0.05, 0.1) is 0 Å². The van der Waals surface area contributed by atoms with Crippen molar-refractivity contribution >= 4 is 11.8 Å². The quantitative estimate of drug-likeness (QED) is 0.456. The Kier molecular flexibility index (Phi) is 11.7. The standard InChI is InChI=1S/C13H28S/c1-4-5-7-10-13(2)11-8-6-9-12-14-3/h13H,4-12H2,1-3H3. The molecule has 0 heterocycles. The number of rotatable bonds is 10. The lowest BCUT2D eigenvalue weighted by atomic mass is 9.97. The lowest BCUT2D eigenvalue weighted by molar-refractivity contribution is 0.443. The van der Waals surface area contributed by atoms with Crippen molar-refractivity contribution in [2.45, 2.75) is 65.2 Å². The van der Waals surface area contributed by atoms with Gasteiger partial charge in [0.25, 0.3) is 0 Å². The van der Waals surface area contributed by atoms with Crippen LogP contribution in [0.15, 0.2) is 0 Å². The second-order valence-electron chi connectivity index (χ2n) is 4.44. The summed E-state index contributed by atoms with van der Waals surface area (Å²) in [6, 6.07) is 0. The van der Waals surface area contributed by atoms with Gasteiger partial charge in [-0.15, -0.1) is 0 Å². The fourth-order valence-corrected chi connectivity index (χ4v) is 2.30. The van der Waals surface area contributed by atoms with E-state index in [1.165, 1.54) is 57.1 Å². The maximum absolute atomic E-state index is 2.42. The SMILES string of the molecule is CCCCCC(C)CCCCCSC. The zero-order valence-electron chi connectivity index (χ0n) is 10.3. The summed E-state index contributed by atoms with van der Waals surface area (Å²) in [4.78, 5) is 0. The van der Waals surface area contributed by atoms with E-state index in [2.05, 4.69) is 20.1 Å². The Morgan fingerprint density at radius 2 is 1.57 bits per heavy atom. The van der Waals surface area contributed by atoms with Gasteiger partial charge in [0.15, 0.2) is 0 Å². The molecular formula is C13H28S. The highest BCUT2D eigenvalue weighted by Gasteiger charge is 2.00. The van der Waals surface area contributed by atoms with Crippen molar-refractivity contribution in [2.24, 2.45) is 5.92 Å². The van der Waals surface area contributed by atoms with E-state index in [0.717, 1.165) is 5.92 Å². The molecule has 0 saturated heterocycles. The number of hydrogen-bond acceptors (Lipinski definition) is 1. The van der Waals surface area contributed by atoms with Crippen molar-refractivity contribution in [3.05, 3.63) is 0 Å². The molecule has 1 heteroatoms. The van der Waals surface area contributed by atoms with Crippen LogP contribution < -0.4 is 0 Å². The summed E-state index contributed by atoms with van der Waals surface area (Å²) < 4.78 is 0. The van der Waals surface area contributed by atoms with Crippen molar-refractivity contribution in [1.82, 2.24) is 0 Å². The highest BCUT2D eigenvalue weighted by molar-refractivity contribution is 7.98. The van der Waals surface area contributed by atoms with Gasteiger partial charge in [-0.3, -0.25) is 0 Å². The molecule has 0 rings (SSSR count). The van der Waals surface area contributed by atoms with Gasteiger partial charge in [0, 0.05) is 0 Å². The van der Waals surface area contributed by atoms with E-state index < -0.39 is 0 Å². The van der Waals surface area contributed by atoms with Crippen molar-refractivity contribution in [1.29, 1.82) is 0 Å². The lowest BCUT2D eigenvalue weighted by Crippen LogP contribution is -1.95.